The minimum atomic E-state index is 0.868. The molecule has 0 nitrogen and oxygen atoms in total. The number of aryl methyl sites for hydroxylation is 3. The highest BCUT2D eigenvalue weighted by atomic mass is 14.2. The predicted octanol–water partition coefficient (Wildman–Crippen LogP) is 19.0. The van der Waals surface area contributed by atoms with Gasteiger partial charge in [0.15, 0.2) is 0 Å². The third-order valence-electron chi connectivity index (χ3n) is 13.9. The summed E-state index contributed by atoms with van der Waals surface area (Å²) in [5, 5.41) is 5.00. The molecule has 0 aliphatic carbocycles. The molecule has 0 radical (unpaired) electrons. The molecule has 0 unspecified atom stereocenters. The Bertz CT molecular complexity index is 3700. The Hall–Kier alpha value is -8.58. The Kier molecular flexibility index (Phi) is 12.3. The first kappa shape index (κ1) is 44.0. The Balaban J connectivity index is 0.863. The third kappa shape index (κ3) is 9.08. The number of rotatable bonds is 11. The summed E-state index contributed by atoms with van der Waals surface area (Å²) >= 11 is 0. The van der Waals surface area contributed by atoms with Gasteiger partial charge in [0.1, 0.15) is 0 Å². The van der Waals surface area contributed by atoms with Crippen LogP contribution >= 0.6 is 0 Å². The number of allylic oxidation sites excluding steroid dienone is 1. The van der Waals surface area contributed by atoms with E-state index in [0.717, 1.165) is 6.42 Å². The van der Waals surface area contributed by atoms with E-state index >= 15 is 0 Å². The summed E-state index contributed by atoms with van der Waals surface area (Å²) in [6.45, 7) is 6.65. The molecule has 11 aromatic rings. The Morgan fingerprint density at radius 1 is 0.314 bits per heavy atom. The van der Waals surface area contributed by atoms with Gasteiger partial charge in [0.2, 0.25) is 0 Å². The zero-order valence-corrected chi connectivity index (χ0v) is 40.0. The van der Waals surface area contributed by atoms with Crippen LogP contribution in [0, 0.1) is 20.8 Å². The van der Waals surface area contributed by atoms with Gasteiger partial charge in [-0.3, -0.25) is 0 Å². The van der Waals surface area contributed by atoms with Gasteiger partial charge in [-0.2, -0.15) is 0 Å². The van der Waals surface area contributed by atoms with Crippen LogP contribution in [0.5, 0.6) is 0 Å². The molecule has 0 saturated carbocycles. The molecule has 0 N–H and O–H groups in total. The standard InChI is InChI=1S/C70H54/c1-48-18-17-25-58(42-48)70(53-23-11-6-12-24-53)47-60-39-41-65(67-29-16-14-27-63(60)67)55-32-36-57(37-33-55)69-44-49(2)68(43-50(69)3)56-34-30-54(31-35-56)64-40-38-59(62-26-13-15-28-66(62)64)46-61(52-21-9-5-10-22-52)45-51-19-7-4-8-20-51/h4-44,46-47H,45H2,1-3H3/b61-46-,70-47-. The van der Waals surface area contributed by atoms with Crippen molar-refractivity contribution < 1.29 is 0 Å². The van der Waals surface area contributed by atoms with Crippen molar-refractivity contribution in [3.63, 3.8) is 0 Å². The molecule has 0 aliphatic heterocycles. The van der Waals surface area contributed by atoms with Crippen LogP contribution in [0.1, 0.15) is 50.1 Å². The average Bonchev–Trinajstić information content (AvgIpc) is 3.41. The van der Waals surface area contributed by atoms with E-state index in [1.807, 2.05) is 0 Å². The van der Waals surface area contributed by atoms with E-state index in [1.54, 1.807) is 0 Å². The summed E-state index contributed by atoms with van der Waals surface area (Å²) in [7, 11) is 0. The molecule has 0 heterocycles. The smallest absolute Gasteiger partial charge is 0.00196 e. The van der Waals surface area contributed by atoms with Crippen LogP contribution in [-0.2, 0) is 6.42 Å². The molecule has 11 aromatic carbocycles. The fourth-order valence-corrected chi connectivity index (χ4v) is 10.3. The lowest BCUT2D eigenvalue weighted by atomic mass is 9.89. The molecule has 0 aliphatic rings. The van der Waals surface area contributed by atoms with Crippen molar-refractivity contribution in [1.29, 1.82) is 0 Å². The Morgan fingerprint density at radius 2 is 0.729 bits per heavy atom. The Labute approximate surface area is 413 Å². The number of fused-ring (bicyclic) bond motifs is 2. The minimum Gasteiger partial charge on any atom is -0.0622 e. The fourth-order valence-electron chi connectivity index (χ4n) is 10.3. The largest absolute Gasteiger partial charge is 0.0622 e. The number of hydrogen-bond acceptors (Lipinski definition) is 0. The van der Waals surface area contributed by atoms with Crippen molar-refractivity contribution in [3.8, 4) is 44.5 Å². The second-order valence-corrected chi connectivity index (χ2v) is 18.6. The van der Waals surface area contributed by atoms with Crippen LogP contribution in [0.4, 0.5) is 0 Å². The van der Waals surface area contributed by atoms with E-state index < -0.39 is 0 Å². The van der Waals surface area contributed by atoms with Gasteiger partial charge in [-0.25, -0.2) is 0 Å². The maximum Gasteiger partial charge on any atom is -0.00196 e. The first-order chi connectivity index (χ1) is 34.4. The average molecular weight is 895 g/mol. The molecule has 11 rings (SSSR count). The zero-order chi connectivity index (χ0) is 47.4. The van der Waals surface area contributed by atoms with E-state index in [1.165, 1.54) is 127 Å². The Morgan fingerprint density at radius 3 is 1.23 bits per heavy atom. The second kappa shape index (κ2) is 19.6. The highest BCUT2D eigenvalue weighted by molar-refractivity contribution is 6.06. The van der Waals surface area contributed by atoms with E-state index in [4.69, 9.17) is 0 Å². The molecule has 0 heteroatoms. The summed E-state index contributed by atoms with van der Waals surface area (Å²) in [5.41, 5.74) is 23.6. The van der Waals surface area contributed by atoms with E-state index in [0.29, 0.717) is 0 Å². The maximum absolute atomic E-state index is 2.38. The molecular formula is C70H54. The summed E-state index contributed by atoms with van der Waals surface area (Å²) < 4.78 is 0. The molecule has 0 fully saturated rings. The molecule has 0 atom stereocenters. The summed E-state index contributed by atoms with van der Waals surface area (Å²) in [6.07, 6.45) is 5.61. The van der Waals surface area contributed by atoms with Gasteiger partial charge in [-0.15, -0.1) is 0 Å². The molecular weight excluding hydrogens is 841 g/mol. The lowest BCUT2D eigenvalue weighted by Gasteiger charge is -2.15. The quantitative estimate of drug-likeness (QED) is 0.114. The van der Waals surface area contributed by atoms with Gasteiger partial charge < -0.3 is 0 Å². The van der Waals surface area contributed by atoms with Gasteiger partial charge in [0.05, 0.1) is 0 Å². The van der Waals surface area contributed by atoms with Crippen molar-refractivity contribution >= 4 is 44.8 Å². The van der Waals surface area contributed by atoms with Crippen molar-refractivity contribution in [1.82, 2.24) is 0 Å². The molecule has 334 valence electrons. The number of hydrogen-bond donors (Lipinski definition) is 0. The lowest BCUT2D eigenvalue weighted by molar-refractivity contribution is 1.29. The van der Waals surface area contributed by atoms with Crippen molar-refractivity contribution in [2.24, 2.45) is 0 Å². The van der Waals surface area contributed by atoms with Gasteiger partial charge in [-0.1, -0.05) is 260 Å². The normalized spacial score (nSPS) is 11.9. The first-order valence-electron chi connectivity index (χ1n) is 24.4. The van der Waals surface area contributed by atoms with E-state index in [-0.39, 0.29) is 0 Å². The highest BCUT2D eigenvalue weighted by Gasteiger charge is 2.15. The van der Waals surface area contributed by atoms with Crippen LogP contribution in [0.15, 0.2) is 249 Å². The van der Waals surface area contributed by atoms with Crippen LogP contribution < -0.4 is 0 Å². The SMILES string of the molecule is Cc1cccc(/C(=C\c2ccc(-c3ccc(-c4cc(C)c(-c5ccc(-c6ccc(/C=C(/Cc7ccccc7)c7ccccc7)c7ccccc67)cc5)cc4C)cc3)c3ccccc23)c2ccccc2)c1. The van der Waals surface area contributed by atoms with Crippen LogP contribution in [0.3, 0.4) is 0 Å². The van der Waals surface area contributed by atoms with E-state index in [2.05, 4.69) is 282 Å². The second-order valence-electron chi connectivity index (χ2n) is 18.6. The number of benzene rings is 11. The monoisotopic (exact) mass is 894 g/mol. The lowest BCUT2D eigenvalue weighted by Crippen LogP contribution is -1.92. The molecule has 0 amide bonds. The van der Waals surface area contributed by atoms with Gasteiger partial charge in [0, 0.05) is 0 Å². The predicted molar refractivity (Wildman–Crippen MR) is 302 cm³/mol. The molecule has 0 aromatic heterocycles. The van der Waals surface area contributed by atoms with Gasteiger partial charge >= 0.3 is 0 Å². The van der Waals surface area contributed by atoms with Crippen molar-refractivity contribution in [2.45, 2.75) is 27.2 Å². The summed E-state index contributed by atoms with van der Waals surface area (Å²) in [4.78, 5) is 0. The van der Waals surface area contributed by atoms with Crippen molar-refractivity contribution in [2.75, 3.05) is 0 Å². The van der Waals surface area contributed by atoms with Crippen molar-refractivity contribution in [3.05, 3.63) is 299 Å². The maximum atomic E-state index is 2.38. The minimum absolute atomic E-state index is 0.868. The van der Waals surface area contributed by atoms with Crippen LogP contribution in [0.2, 0.25) is 0 Å². The third-order valence-corrected chi connectivity index (χ3v) is 13.9. The van der Waals surface area contributed by atoms with Gasteiger partial charge in [-0.05, 0) is 155 Å². The fraction of sp³-hybridized carbons (Fsp3) is 0.0571. The van der Waals surface area contributed by atoms with E-state index in [9.17, 15) is 0 Å². The zero-order valence-electron chi connectivity index (χ0n) is 40.0. The molecule has 70 heavy (non-hydrogen) atoms. The summed E-state index contributed by atoms with van der Waals surface area (Å²) in [6, 6.07) is 91.0. The van der Waals surface area contributed by atoms with Crippen LogP contribution in [0.25, 0.3) is 89.4 Å². The van der Waals surface area contributed by atoms with Gasteiger partial charge in [0.25, 0.3) is 0 Å². The molecule has 0 bridgehead atoms. The first-order valence-corrected chi connectivity index (χ1v) is 24.4. The molecule has 0 spiro atoms. The highest BCUT2D eigenvalue weighted by Crippen LogP contribution is 2.39. The summed E-state index contributed by atoms with van der Waals surface area (Å²) in [5.74, 6) is 0. The van der Waals surface area contributed by atoms with Crippen LogP contribution in [-0.4, -0.2) is 0 Å². The topological polar surface area (TPSA) is 0 Å². The molecule has 0 saturated heterocycles.